The fraction of sp³-hybridized carbons (Fsp3) is 1.00. The van der Waals surface area contributed by atoms with E-state index in [1.54, 1.807) is 0 Å². The molecule has 4 aliphatic rings. The lowest BCUT2D eigenvalue weighted by Crippen LogP contribution is -2.54. The Morgan fingerprint density at radius 1 is 0.909 bits per heavy atom. The molecule has 0 amide bonds. The zero-order valence-corrected chi connectivity index (χ0v) is 14.1. The van der Waals surface area contributed by atoms with Crippen LogP contribution in [0.5, 0.6) is 0 Å². The molecule has 4 aliphatic carbocycles. The van der Waals surface area contributed by atoms with Crippen LogP contribution in [0.3, 0.4) is 0 Å². The molecule has 0 spiro atoms. The van der Waals surface area contributed by atoms with Crippen molar-refractivity contribution in [2.24, 2.45) is 39.7 Å². The van der Waals surface area contributed by atoms with Crippen LogP contribution >= 0.6 is 0 Å². The number of rotatable bonds is 1. The van der Waals surface area contributed by atoms with Gasteiger partial charge in [0.2, 0.25) is 0 Å². The van der Waals surface area contributed by atoms with Crippen LogP contribution in [0.4, 0.5) is 0 Å². The van der Waals surface area contributed by atoms with Crippen molar-refractivity contribution in [3.63, 3.8) is 0 Å². The number of nitroso groups, excluding NO2 is 1. The van der Waals surface area contributed by atoms with E-state index in [1.165, 1.54) is 38.5 Å². The van der Waals surface area contributed by atoms with Gasteiger partial charge in [-0.05, 0) is 92.3 Å². The average molecular weight is 305 g/mol. The normalized spacial score (nSPS) is 57.6. The lowest BCUT2D eigenvalue weighted by atomic mass is 9.45. The van der Waals surface area contributed by atoms with Crippen molar-refractivity contribution in [1.82, 2.24) is 0 Å². The van der Waals surface area contributed by atoms with E-state index in [1.807, 2.05) is 0 Å². The predicted molar refractivity (Wildman–Crippen MR) is 87.3 cm³/mol. The van der Waals surface area contributed by atoms with Crippen molar-refractivity contribution < 1.29 is 5.11 Å². The van der Waals surface area contributed by atoms with E-state index < -0.39 is 0 Å². The summed E-state index contributed by atoms with van der Waals surface area (Å²) in [6.45, 7) is 4.87. The Hall–Kier alpha value is -0.440. The molecule has 0 saturated heterocycles. The molecule has 0 bridgehead atoms. The molecule has 1 unspecified atom stereocenters. The van der Waals surface area contributed by atoms with Gasteiger partial charge in [-0.25, -0.2) is 0 Å². The van der Waals surface area contributed by atoms with E-state index in [0.29, 0.717) is 5.41 Å². The molecule has 0 aliphatic heterocycles. The fourth-order valence-corrected chi connectivity index (χ4v) is 7.38. The Morgan fingerprint density at radius 3 is 2.41 bits per heavy atom. The van der Waals surface area contributed by atoms with Crippen molar-refractivity contribution in [2.75, 3.05) is 0 Å². The third-order valence-electron chi connectivity index (χ3n) is 8.72. The SMILES string of the molecule is C[C@]12CC[C@H](O)C[C@@H]1CC[C@@H]1[C@@H]2CC[C@]2(C)C(N=O)CC[C@@H]12. The van der Waals surface area contributed by atoms with E-state index in [9.17, 15) is 10.0 Å². The van der Waals surface area contributed by atoms with Gasteiger partial charge in [0.25, 0.3) is 0 Å². The van der Waals surface area contributed by atoms with Crippen LogP contribution in [-0.4, -0.2) is 17.3 Å². The highest BCUT2D eigenvalue weighted by Crippen LogP contribution is 2.66. The Kier molecular flexibility index (Phi) is 3.45. The van der Waals surface area contributed by atoms with E-state index in [0.717, 1.165) is 42.9 Å². The molecule has 22 heavy (non-hydrogen) atoms. The molecular formula is C19H31NO2. The second kappa shape index (κ2) is 5.03. The van der Waals surface area contributed by atoms with Gasteiger partial charge in [0.05, 0.1) is 12.1 Å². The highest BCUT2D eigenvalue weighted by molar-refractivity contribution is 5.10. The lowest BCUT2D eigenvalue weighted by Gasteiger charge is -2.60. The molecule has 0 aromatic carbocycles. The first-order valence-corrected chi connectivity index (χ1v) is 9.49. The topological polar surface area (TPSA) is 49.7 Å². The summed E-state index contributed by atoms with van der Waals surface area (Å²) in [5.74, 6) is 3.08. The number of aliphatic hydroxyl groups is 1. The minimum absolute atomic E-state index is 0.0568. The minimum Gasteiger partial charge on any atom is -0.393 e. The van der Waals surface area contributed by atoms with Gasteiger partial charge in [-0.15, -0.1) is 0 Å². The maximum absolute atomic E-state index is 11.3. The van der Waals surface area contributed by atoms with Gasteiger partial charge in [-0.3, -0.25) is 0 Å². The van der Waals surface area contributed by atoms with Crippen LogP contribution in [0.1, 0.15) is 71.6 Å². The van der Waals surface area contributed by atoms with Crippen LogP contribution in [0.25, 0.3) is 0 Å². The van der Waals surface area contributed by atoms with Crippen molar-refractivity contribution in [3.05, 3.63) is 4.91 Å². The largest absolute Gasteiger partial charge is 0.393 e. The van der Waals surface area contributed by atoms with Crippen molar-refractivity contribution in [2.45, 2.75) is 83.8 Å². The van der Waals surface area contributed by atoms with Gasteiger partial charge < -0.3 is 5.11 Å². The number of hydrogen-bond donors (Lipinski definition) is 1. The molecule has 4 fully saturated rings. The maximum Gasteiger partial charge on any atom is 0.0975 e. The van der Waals surface area contributed by atoms with Gasteiger partial charge in [0.1, 0.15) is 0 Å². The van der Waals surface area contributed by atoms with Crippen LogP contribution in [0.2, 0.25) is 0 Å². The first-order valence-electron chi connectivity index (χ1n) is 9.49. The summed E-state index contributed by atoms with van der Waals surface area (Å²) in [6, 6.07) is 0.0668. The molecular weight excluding hydrogens is 274 g/mol. The Morgan fingerprint density at radius 2 is 1.64 bits per heavy atom. The van der Waals surface area contributed by atoms with Gasteiger partial charge in [0, 0.05) is 0 Å². The van der Waals surface area contributed by atoms with E-state index in [4.69, 9.17) is 0 Å². The quantitative estimate of drug-likeness (QED) is 0.724. The first kappa shape index (κ1) is 15.1. The molecule has 0 aromatic rings. The van der Waals surface area contributed by atoms with Gasteiger partial charge in [-0.1, -0.05) is 19.0 Å². The fourth-order valence-electron chi connectivity index (χ4n) is 7.38. The molecule has 8 atom stereocenters. The van der Waals surface area contributed by atoms with Crippen LogP contribution in [0, 0.1) is 39.4 Å². The van der Waals surface area contributed by atoms with Crippen molar-refractivity contribution >= 4 is 0 Å². The highest BCUT2D eigenvalue weighted by atomic mass is 16.3. The summed E-state index contributed by atoms with van der Waals surface area (Å²) >= 11 is 0. The summed E-state index contributed by atoms with van der Waals surface area (Å²) in [5.41, 5.74) is 0.621. The zero-order valence-electron chi connectivity index (χ0n) is 14.1. The number of nitrogens with zero attached hydrogens (tertiary/aromatic N) is 1. The summed E-state index contributed by atoms with van der Waals surface area (Å²) < 4.78 is 0. The molecule has 0 heterocycles. The van der Waals surface area contributed by atoms with Crippen molar-refractivity contribution in [3.8, 4) is 0 Å². The third kappa shape index (κ3) is 1.90. The molecule has 4 saturated carbocycles. The number of hydrogen-bond acceptors (Lipinski definition) is 3. The molecule has 3 heteroatoms. The van der Waals surface area contributed by atoms with Gasteiger partial charge in [0.15, 0.2) is 0 Å². The van der Waals surface area contributed by atoms with Crippen LogP contribution in [0.15, 0.2) is 5.18 Å². The summed E-state index contributed by atoms with van der Waals surface area (Å²) in [7, 11) is 0. The molecule has 1 N–H and O–H groups in total. The lowest BCUT2D eigenvalue weighted by molar-refractivity contribution is -0.122. The number of fused-ring (bicyclic) bond motifs is 5. The Balaban J connectivity index is 1.62. The first-order chi connectivity index (χ1) is 10.5. The van der Waals surface area contributed by atoms with Crippen LogP contribution in [-0.2, 0) is 0 Å². The summed E-state index contributed by atoms with van der Waals surface area (Å²) in [5, 5.41) is 13.6. The van der Waals surface area contributed by atoms with Crippen molar-refractivity contribution in [1.29, 1.82) is 0 Å². The average Bonchev–Trinajstić information content (AvgIpc) is 2.84. The van der Waals surface area contributed by atoms with E-state index in [2.05, 4.69) is 19.0 Å². The van der Waals surface area contributed by atoms with Gasteiger partial charge >= 0.3 is 0 Å². The highest BCUT2D eigenvalue weighted by Gasteiger charge is 2.60. The minimum atomic E-state index is -0.0568. The molecule has 4 rings (SSSR count). The van der Waals surface area contributed by atoms with Crippen LogP contribution < -0.4 is 0 Å². The molecule has 3 nitrogen and oxygen atoms in total. The van der Waals surface area contributed by atoms with Gasteiger partial charge in [-0.2, -0.15) is 4.91 Å². The molecule has 124 valence electrons. The standard InChI is InChI=1S/C19H31NO2/c1-18-9-7-13(21)11-12(18)3-4-14-15-5-6-17(20-22)19(15,2)10-8-16(14)18/h12-17,21H,3-11H2,1-2H3/t12-,13-,14-,15-,16-,17?,18-,19-/m0/s1. The second-order valence-corrected chi connectivity index (χ2v) is 9.33. The zero-order chi connectivity index (χ0) is 15.5. The molecule has 0 aromatic heterocycles. The predicted octanol–water partition coefficient (Wildman–Crippen LogP) is 4.53. The van der Waals surface area contributed by atoms with E-state index in [-0.39, 0.29) is 17.6 Å². The number of aliphatic hydroxyl groups excluding tert-OH is 1. The second-order valence-electron chi connectivity index (χ2n) is 9.33. The monoisotopic (exact) mass is 305 g/mol. The Labute approximate surface area is 134 Å². The van der Waals surface area contributed by atoms with E-state index >= 15 is 0 Å². The Bertz CT molecular complexity index is 466. The maximum atomic E-state index is 11.3. The third-order valence-corrected chi connectivity index (χ3v) is 8.72. The molecule has 0 radical (unpaired) electrons. The summed E-state index contributed by atoms with van der Waals surface area (Å²) in [6.07, 6.45) is 10.5. The smallest absolute Gasteiger partial charge is 0.0975 e. The summed E-state index contributed by atoms with van der Waals surface area (Å²) in [4.78, 5) is 11.3.